The van der Waals surface area contributed by atoms with Crippen LogP contribution in [0.3, 0.4) is 0 Å². The van der Waals surface area contributed by atoms with Gasteiger partial charge in [-0.15, -0.1) is 0 Å². The molecule has 0 aromatic rings. The van der Waals surface area contributed by atoms with Gasteiger partial charge in [-0.2, -0.15) is 0 Å². The van der Waals surface area contributed by atoms with Gasteiger partial charge in [0.2, 0.25) is 0 Å². The van der Waals surface area contributed by atoms with E-state index in [9.17, 15) is 12.8 Å². The number of rotatable bonds is 4. The van der Waals surface area contributed by atoms with Crippen molar-refractivity contribution in [2.75, 3.05) is 25.1 Å². The van der Waals surface area contributed by atoms with Crippen LogP contribution < -0.4 is 5.32 Å². The monoisotopic (exact) mass is 223 g/mol. The highest BCUT2D eigenvalue weighted by molar-refractivity contribution is 7.91. The van der Waals surface area contributed by atoms with E-state index in [-0.39, 0.29) is 17.4 Å². The van der Waals surface area contributed by atoms with Crippen LogP contribution in [-0.2, 0) is 9.84 Å². The van der Waals surface area contributed by atoms with Crippen LogP contribution in [0.2, 0.25) is 0 Å². The largest absolute Gasteiger partial charge is 0.320 e. The molecule has 3 nitrogen and oxygen atoms in total. The Morgan fingerprint density at radius 2 is 2.00 bits per heavy atom. The first-order valence-corrected chi connectivity index (χ1v) is 6.86. The van der Waals surface area contributed by atoms with Crippen molar-refractivity contribution in [3.8, 4) is 0 Å². The van der Waals surface area contributed by atoms with Crippen molar-refractivity contribution in [1.82, 2.24) is 5.32 Å². The van der Waals surface area contributed by atoms with Crippen LogP contribution in [-0.4, -0.2) is 39.7 Å². The Labute approximate surface area is 85.0 Å². The summed E-state index contributed by atoms with van der Waals surface area (Å²) < 4.78 is 35.7. The van der Waals surface area contributed by atoms with Gasteiger partial charge in [0, 0.05) is 0 Å². The molecule has 1 atom stereocenters. The normalized spacial score (nSPS) is 24.7. The molecule has 1 heterocycles. The van der Waals surface area contributed by atoms with E-state index in [1.807, 2.05) is 0 Å². The molecule has 1 aliphatic rings. The predicted octanol–water partition coefficient (Wildman–Crippen LogP) is 0.759. The molecule has 0 aliphatic carbocycles. The van der Waals surface area contributed by atoms with Crippen molar-refractivity contribution in [3.63, 3.8) is 0 Å². The molecule has 0 aromatic carbocycles. The molecule has 1 saturated heterocycles. The van der Waals surface area contributed by atoms with E-state index in [1.54, 1.807) is 7.05 Å². The fourth-order valence-corrected chi connectivity index (χ4v) is 3.32. The first kappa shape index (κ1) is 11.9. The highest BCUT2D eigenvalue weighted by Gasteiger charge is 2.28. The van der Waals surface area contributed by atoms with E-state index in [4.69, 9.17) is 0 Å². The molecule has 5 heteroatoms. The van der Waals surface area contributed by atoms with Crippen LogP contribution in [0, 0.1) is 5.92 Å². The third-order valence-electron chi connectivity index (χ3n) is 2.78. The third kappa shape index (κ3) is 3.53. The van der Waals surface area contributed by atoms with Crippen molar-refractivity contribution in [3.05, 3.63) is 0 Å². The van der Waals surface area contributed by atoms with Crippen LogP contribution >= 0.6 is 0 Å². The average molecular weight is 223 g/mol. The van der Waals surface area contributed by atoms with Gasteiger partial charge in [0.15, 0.2) is 0 Å². The second-order valence-electron chi connectivity index (χ2n) is 3.90. The quantitative estimate of drug-likeness (QED) is 0.765. The van der Waals surface area contributed by atoms with E-state index in [1.165, 1.54) is 0 Å². The summed E-state index contributed by atoms with van der Waals surface area (Å²) >= 11 is 0. The predicted molar refractivity (Wildman–Crippen MR) is 54.8 cm³/mol. The molecular weight excluding hydrogens is 205 g/mol. The van der Waals surface area contributed by atoms with Gasteiger partial charge >= 0.3 is 0 Å². The summed E-state index contributed by atoms with van der Waals surface area (Å²) in [5.74, 6) is 0.279. The SMILES string of the molecule is CNCCC(F)C1CCS(=O)(=O)CC1. The van der Waals surface area contributed by atoms with Crippen LogP contribution in [0.25, 0.3) is 0 Å². The molecule has 0 radical (unpaired) electrons. The molecule has 0 spiro atoms. The second-order valence-corrected chi connectivity index (χ2v) is 6.20. The zero-order chi connectivity index (χ0) is 10.6. The molecule has 0 saturated carbocycles. The highest BCUT2D eigenvalue weighted by Crippen LogP contribution is 2.25. The van der Waals surface area contributed by atoms with Gasteiger partial charge in [-0.3, -0.25) is 0 Å². The maximum atomic E-state index is 13.5. The molecule has 1 rings (SSSR count). The molecule has 1 N–H and O–H groups in total. The lowest BCUT2D eigenvalue weighted by Gasteiger charge is -2.24. The summed E-state index contributed by atoms with van der Waals surface area (Å²) in [6.07, 6.45) is 0.625. The Morgan fingerprint density at radius 1 is 1.43 bits per heavy atom. The van der Waals surface area contributed by atoms with Gasteiger partial charge in [-0.05, 0) is 38.8 Å². The molecule has 14 heavy (non-hydrogen) atoms. The zero-order valence-corrected chi connectivity index (χ0v) is 9.32. The molecule has 1 unspecified atom stereocenters. The van der Waals surface area contributed by atoms with E-state index in [0.29, 0.717) is 25.8 Å². The number of sulfone groups is 1. The lowest BCUT2D eigenvalue weighted by Crippen LogP contribution is -2.30. The van der Waals surface area contributed by atoms with Crippen molar-refractivity contribution < 1.29 is 12.8 Å². The fourth-order valence-electron chi connectivity index (χ4n) is 1.79. The number of alkyl halides is 1. The molecule has 1 aliphatic heterocycles. The minimum Gasteiger partial charge on any atom is -0.320 e. The topological polar surface area (TPSA) is 46.2 Å². The first-order chi connectivity index (χ1) is 6.55. The lowest BCUT2D eigenvalue weighted by atomic mass is 9.95. The summed E-state index contributed by atoms with van der Waals surface area (Å²) in [4.78, 5) is 0. The molecule has 0 bridgehead atoms. The Kier molecular flexibility index (Phi) is 4.31. The van der Waals surface area contributed by atoms with Gasteiger partial charge in [0.25, 0.3) is 0 Å². The molecule has 0 amide bonds. The maximum Gasteiger partial charge on any atom is 0.150 e. The first-order valence-electron chi connectivity index (χ1n) is 5.04. The molecular formula is C9H18FNO2S. The summed E-state index contributed by atoms with van der Waals surface area (Å²) in [7, 11) is -1.06. The van der Waals surface area contributed by atoms with E-state index in [0.717, 1.165) is 0 Å². The van der Waals surface area contributed by atoms with Gasteiger partial charge < -0.3 is 5.32 Å². The van der Waals surface area contributed by atoms with Crippen molar-refractivity contribution in [1.29, 1.82) is 0 Å². The summed E-state index contributed by atoms with van der Waals surface area (Å²) in [6.45, 7) is 0.657. The summed E-state index contributed by atoms with van der Waals surface area (Å²) in [6, 6.07) is 0. The number of halogens is 1. The lowest BCUT2D eigenvalue weighted by molar-refractivity contribution is 0.201. The van der Waals surface area contributed by atoms with Gasteiger partial charge in [0.05, 0.1) is 11.5 Å². The standard InChI is InChI=1S/C9H18FNO2S/c1-11-5-2-9(10)8-3-6-14(12,13)7-4-8/h8-9,11H,2-7H2,1H3. The van der Waals surface area contributed by atoms with Crippen molar-refractivity contribution >= 4 is 9.84 Å². The maximum absolute atomic E-state index is 13.5. The van der Waals surface area contributed by atoms with Crippen molar-refractivity contribution in [2.45, 2.75) is 25.4 Å². The smallest absolute Gasteiger partial charge is 0.150 e. The van der Waals surface area contributed by atoms with Gasteiger partial charge in [-0.1, -0.05) is 0 Å². The van der Waals surface area contributed by atoms with E-state index in [2.05, 4.69) is 5.32 Å². The molecule has 1 fully saturated rings. The van der Waals surface area contributed by atoms with Crippen molar-refractivity contribution in [2.24, 2.45) is 5.92 Å². The van der Waals surface area contributed by atoms with Gasteiger partial charge in [-0.25, -0.2) is 12.8 Å². The van der Waals surface area contributed by atoms with Gasteiger partial charge in [0.1, 0.15) is 16.0 Å². The third-order valence-corrected chi connectivity index (χ3v) is 4.50. The Balaban J connectivity index is 2.34. The number of hydrogen-bond donors (Lipinski definition) is 1. The molecule has 84 valence electrons. The molecule has 0 aromatic heterocycles. The Hall–Kier alpha value is -0.160. The van der Waals surface area contributed by atoms with E-state index >= 15 is 0 Å². The zero-order valence-electron chi connectivity index (χ0n) is 8.50. The van der Waals surface area contributed by atoms with Crippen LogP contribution in [0.1, 0.15) is 19.3 Å². The average Bonchev–Trinajstić information content (AvgIpc) is 2.14. The van der Waals surface area contributed by atoms with Crippen LogP contribution in [0.4, 0.5) is 4.39 Å². The Bertz CT molecular complexity index is 252. The minimum atomic E-state index is -2.85. The fraction of sp³-hybridized carbons (Fsp3) is 1.00. The highest BCUT2D eigenvalue weighted by atomic mass is 32.2. The second kappa shape index (κ2) is 5.07. The Morgan fingerprint density at radius 3 is 2.50 bits per heavy atom. The van der Waals surface area contributed by atoms with Crippen LogP contribution in [0.5, 0.6) is 0 Å². The minimum absolute atomic E-state index is 0.0492. The summed E-state index contributed by atoms with van der Waals surface area (Å²) in [5.41, 5.74) is 0. The summed E-state index contributed by atoms with van der Waals surface area (Å²) in [5, 5.41) is 2.90. The number of nitrogens with one attached hydrogen (secondary N) is 1. The van der Waals surface area contributed by atoms with Crippen LogP contribution in [0.15, 0.2) is 0 Å². The van der Waals surface area contributed by atoms with E-state index < -0.39 is 16.0 Å². The number of hydrogen-bond acceptors (Lipinski definition) is 3.